The predicted octanol–water partition coefficient (Wildman–Crippen LogP) is 2.76. The summed E-state index contributed by atoms with van der Waals surface area (Å²) in [5.41, 5.74) is 1.29. The highest BCUT2D eigenvalue weighted by Crippen LogP contribution is 2.20. The molecule has 0 fully saturated rings. The van der Waals surface area contributed by atoms with Crippen LogP contribution in [-0.2, 0) is 11.3 Å². The lowest BCUT2D eigenvalue weighted by atomic mass is 10.2. The quantitative estimate of drug-likeness (QED) is 0.780. The molecule has 0 aliphatic carbocycles. The van der Waals surface area contributed by atoms with Crippen LogP contribution in [0.4, 0.5) is 0 Å². The van der Waals surface area contributed by atoms with Gasteiger partial charge in [-0.3, -0.25) is 4.79 Å². The van der Waals surface area contributed by atoms with E-state index in [-0.39, 0.29) is 5.91 Å². The van der Waals surface area contributed by atoms with Gasteiger partial charge in [0, 0.05) is 43.8 Å². The monoisotopic (exact) mass is 280 g/mol. The summed E-state index contributed by atoms with van der Waals surface area (Å²) in [6, 6.07) is 9.00. The number of carbonyl (C=O) groups is 1. The number of hydrogen-bond acceptors (Lipinski definition) is 3. The molecule has 0 unspecified atom stereocenters. The van der Waals surface area contributed by atoms with Gasteiger partial charge < -0.3 is 10.2 Å². The molecule has 1 aromatic carbocycles. The molecular formula is C15H24N2OS. The molecule has 0 bridgehead atoms. The Morgan fingerprint density at radius 2 is 2.11 bits per heavy atom. The lowest BCUT2D eigenvalue weighted by molar-refractivity contribution is -0.128. The Kier molecular flexibility index (Phi) is 6.95. The van der Waals surface area contributed by atoms with E-state index < -0.39 is 0 Å². The third-order valence-electron chi connectivity index (χ3n) is 2.70. The molecule has 19 heavy (non-hydrogen) atoms. The number of rotatable bonds is 7. The van der Waals surface area contributed by atoms with Crippen LogP contribution in [0.15, 0.2) is 29.2 Å². The van der Waals surface area contributed by atoms with Gasteiger partial charge in [0.2, 0.25) is 5.91 Å². The van der Waals surface area contributed by atoms with Crippen LogP contribution < -0.4 is 5.32 Å². The normalized spacial score (nSPS) is 10.8. The molecule has 0 aliphatic heterocycles. The van der Waals surface area contributed by atoms with E-state index in [9.17, 15) is 4.79 Å². The first-order chi connectivity index (χ1) is 8.99. The molecule has 1 N–H and O–H groups in total. The Bertz CT molecular complexity index is 405. The third kappa shape index (κ3) is 6.64. The smallest absolute Gasteiger partial charge is 0.222 e. The van der Waals surface area contributed by atoms with Crippen molar-refractivity contribution in [3.05, 3.63) is 29.8 Å². The number of carbonyl (C=O) groups excluding carboxylic acids is 1. The van der Waals surface area contributed by atoms with Gasteiger partial charge in [-0.15, -0.1) is 11.8 Å². The minimum atomic E-state index is 0.185. The summed E-state index contributed by atoms with van der Waals surface area (Å²) in [6.45, 7) is 5.18. The highest BCUT2D eigenvalue weighted by molar-refractivity contribution is 7.99. The maximum atomic E-state index is 11.5. The second-order valence-electron chi connectivity index (χ2n) is 5.07. The third-order valence-corrected chi connectivity index (χ3v) is 3.69. The van der Waals surface area contributed by atoms with E-state index >= 15 is 0 Å². The van der Waals surface area contributed by atoms with Crippen LogP contribution in [0.25, 0.3) is 0 Å². The molecule has 1 amide bonds. The molecule has 0 radical (unpaired) electrons. The van der Waals surface area contributed by atoms with Gasteiger partial charge >= 0.3 is 0 Å². The highest BCUT2D eigenvalue weighted by Gasteiger charge is 2.04. The van der Waals surface area contributed by atoms with Crippen molar-refractivity contribution in [1.82, 2.24) is 10.2 Å². The zero-order valence-electron chi connectivity index (χ0n) is 12.3. The molecule has 1 rings (SSSR count). The van der Waals surface area contributed by atoms with Gasteiger partial charge in [-0.1, -0.05) is 26.0 Å². The van der Waals surface area contributed by atoms with E-state index in [1.165, 1.54) is 10.5 Å². The molecule has 0 saturated heterocycles. The molecule has 1 aromatic rings. The molecule has 0 saturated carbocycles. The van der Waals surface area contributed by atoms with Crippen molar-refractivity contribution in [3.8, 4) is 0 Å². The zero-order chi connectivity index (χ0) is 14.3. The summed E-state index contributed by atoms with van der Waals surface area (Å²) < 4.78 is 0. The summed E-state index contributed by atoms with van der Waals surface area (Å²) >= 11 is 1.74. The number of amides is 1. The van der Waals surface area contributed by atoms with Crippen molar-refractivity contribution in [3.63, 3.8) is 0 Å². The van der Waals surface area contributed by atoms with E-state index in [2.05, 4.69) is 43.4 Å². The molecule has 0 aliphatic rings. The van der Waals surface area contributed by atoms with Crippen LogP contribution >= 0.6 is 11.8 Å². The van der Waals surface area contributed by atoms with Crippen molar-refractivity contribution in [1.29, 1.82) is 0 Å². The SMILES string of the molecule is CC(C)NCc1cccc(SCCC(=O)N(C)C)c1. The minimum Gasteiger partial charge on any atom is -0.349 e. The maximum absolute atomic E-state index is 11.5. The van der Waals surface area contributed by atoms with E-state index in [4.69, 9.17) is 0 Å². The molecule has 3 nitrogen and oxygen atoms in total. The van der Waals surface area contributed by atoms with E-state index in [1.807, 2.05) is 0 Å². The van der Waals surface area contributed by atoms with Gasteiger partial charge in [-0.2, -0.15) is 0 Å². The van der Waals surface area contributed by atoms with Gasteiger partial charge in [-0.05, 0) is 17.7 Å². The number of benzene rings is 1. The number of nitrogens with zero attached hydrogens (tertiary/aromatic N) is 1. The largest absolute Gasteiger partial charge is 0.349 e. The second-order valence-corrected chi connectivity index (χ2v) is 6.24. The molecule has 4 heteroatoms. The lowest BCUT2D eigenvalue weighted by Crippen LogP contribution is -2.22. The molecule has 106 valence electrons. The Balaban J connectivity index is 2.42. The summed E-state index contributed by atoms with van der Waals surface area (Å²) in [5, 5.41) is 3.41. The standard InChI is InChI=1S/C15H24N2OS/c1-12(2)16-11-13-6-5-7-14(10-13)19-9-8-15(18)17(3)4/h5-7,10,12,16H,8-9,11H2,1-4H3. The molecule has 0 aromatic heterocycles. The fraction of sp³-hybridized carbons (Fsp3) is 0.533. The van der Waals surface area contributed by atoms with Gasteiger partial charge in [0.15, 0.2) is 0 Å². The maximum Gasteiger partial charge on any atom is 0.222 e. The fourth-order valence-electron chi connectivity index (χ4n) is 1.55. The van der Waals surface area contributed by atoms with E-state index in [0.29, 0.717) is 12.5 Å². The van der Waals surface area contributed by atoms with Crippen molar-refractivity contribution < 1.29 is 4.79 Å². The molecule has 0 heterocycles. The fourth-order valence-corrected chi connectivity index (χ4v) is 2.47. The molecule has 0 spiro atoms. The first-order valence-electron chi connectivity index (χ1n) is 6.64. The first kappa shape index (κ1) is 16.1. The average Bonchev–Trinajstić information content (AvgIpc) is 2.36. The van der Waals surface area contributed by atoms with Crippen molar-refractivity contribution in [2.45, 2.75) is 37.8 Å². The average molecular weight is 280 g/mol. The van der Waals surface area contributed by atoms with Gasteiger partial charge in [0.05, 0.1) is 0 Å². The van der Waals surface area contributed by atoms with E-state index in [1.54, 1.807) is 30.8 Å². The lowest BCUT2D eigenvalue weighted by Gasteiger charge is -2.11. The summed E-state index contributed by atoms with van der Waals surface area (Å²) in [4.78, 5) is 14.4. The summed E-state index contributed by atoms with van der Waals surface area (Å²) in [7, 11) is 3.59. The van der Waals surface area contributed by atoms with Crippen LogP contribution in [-0.4, -0.2) is 36.7 Å². The van der Waals surface area contributed by atoms with E-state index in [0.717, 1.165) is 12.3 Å². The van der Waals surface area contributed by atoms with Crippen molar-refractivity contribution in [2.75, 3.05) is 19.8 Å². The topological polar surface area (TPSA) is 32.3 Å². The Hall–Kier alpha value is -1.00. The van der Waals surface area contributed by atoms with Gasteiger partial charge in [0.1, 0.15) is 0 Å². The Morgan fingerprint density at radius 1 is 1.37 bits per heavy atom. The summed E-state index contributed by atoms with van der Waals surface area (Å²) in [5.74, 6) is 1.02. The summed E-state index contributed by atoms with van der Waals surface area (Å²) in [6.07, 6.45) is 0.589. The molecular weight excluding hydrogens is 256 g/mol. The van der Waals surface area contributed by atoms with Gasteiger partial charge in [0.25, 0.3) is 0 Å². The van der Waals surface area contributed by atoms with Gasteiger partial charge in [-0.25, -0.2) is 0 Å². The van der Waals surface area contributed by atoms with Crippen molar-refractivity contribution >= 4 is 17.7 Å². The predicted molar refractivity (Wildman–Crippen MR) is 82.5 cm³/mol. The highest BCUT2D eigenvalue weighted by atomic mass is 32.2. The van der Waals surface area contributed by atoms with Crippen LogP contribution in [0.3, 0.4) is 0 Å². The first-order valence-corrected chi connectivity index (χ1v) is 7.63. The minimum absolute atomic E-state index is 0.185. The Morgan fingerprint density at radius 3 is 2.74 bits per heavy atom. The van der Waals surface area contributed by atoms with Crippen molar-refractivity contribution in [2.24, 2.45) is 0 Å². The van der Waals surface area contributed by atoms with Crippen LogP contribution in [0, 0.1) is 0 Å². The molecule has 0 atom stereocenters. The van der Waals surface area contributed by atoms with Crippen LogP contribution in [0.5, 0.6) is 0 Å². The number of hydrogen-bond donors (Lipinski definition) is 1. The number of nitrogens with one attached hydrogen (secondary N) is 1. The number of thioether (sulfide) groups is 1. The van der Waals surface area contributed by atoms with Crippen LogP contribution in [0.1, 0.15) is 25.8 Å². The zero-order valence-corrected chi connectivity index (χ0v) is 13.1. The van der Waals surface area contributed by atoms with Crippen LogP contribution in [0.2, 0.25) is 0 Å². The second kappa shape index (κ2) is 8.23. The Labute approximate surface area is 120 Å².